The summed E-state index contributed by atoms with van der Waals surface area (Å²) in [5, 5.41) is 16.2. The van der Waals surface area contributed by atoms with Gasteiger partial charge in [-0.1, -0.05) is 5.21 Å². The number of thiazole rings is 1. The van der Waals surface area contributed by atoms with E-state index < -0.39 is 0 Å². The number of anilines is 1. The van der Waals surface area contributed by atoms with E-state index in [9.17, 15) is 4.79 Å². The van der Waals surface area contributed by atoms with Gasteiger partial charge in [0.25, 0.3) is 0 Å². The van der Waals surface area contributed by atoms with Gasteiger partial charge in [-0.3, -0.25) is 4.79 Å². The molecule has 25 heavy (non-hydrogen) atoms. The summed E-state index contributed by atoms with van der Waals surface area (Å²) < 4.78 is 1.97. The number of piperidine rings is 3. The zero-order valence-electron chi connectivity index (χ0n) is 14.4. The minimum absolute atomic E-state index is 0.102. The number of nitrogens with zero attached hydrogens (tertiary/aromatic N) is 4. The molecule has 0 aliphatic carbocycles. The van der Waals surface area contributed by atoms with E-state index in [1.54, 1.807) is 6.20 Å². The quantitative estimate of drug-likeness (QED) is 0.574. The number of hydrogen-bond acceptors (Lipinski definition) is 5. The normalized spacial score (nSPS) is 28.2. The Morgan fingerprint density at radius 1 is 1.56 bits per heavy atom. The standard InChI is InChI=1S/C16H23N7OS/c1-17-7-12-8-23(21-20-12)9-13-6-11-2-4-22(13)10-14(11)15(24)19-16-18-3-5-25-16/h3,5,8,11,13-14,17H,2,4,6-7,9-10H2,1H3,(H,18,19,24)/p+2/t11-,13-,14+/m1/s1. The molecular weight excluding hydrogens is 338 g/mol. The molecular formula is C16H25N7OS+2. The van der Waals surface area contributed by atoms with Gasteiger partial charge in [0.2, 0.25) is 5.91 Å². The van der Waals surface area contributed by atoms with Gasteiger partial charge in [0, 0.05) is 24.4 Å². The Hall–Kier alpha value is -1.84. The fourth-order valence-electron chi connectivity index (χ4n) is 4.26. The molecule has 2 aromatic rings. The summed E-state index contributed by atoms with van der Waals surface area (Å²) in [5.74, 6) is 0.705. The maximum atomic E-state index is 12.6. The molecule has 3 fully saturated rings. The molecule has 1 unspecified atom stereocenters. The van der Waals surface area contributed by atoms with E-state index >= 15 is 0 Å². The van der Waals surface area contributed by atoms with Crippen LogP contribution in [0.4, 0.5) is 5.13 Å². The van der Waals surface area contributed by atoms with Gasteiger partial charge in [-0.25, -0.2) is 9.67 Å². The number of carbonyl (C=O) groups excluding carboxylic acids is 1. The second-order valence-corrected chi connectivity index (χ2v) is 7.97. The molecule has 2 bridgehead atoms. The summed E-state index contributed by atoms with van der Waals surface area (Å²) in [4.78, 5) is 18.3. The Kier molecular flexibility index (Phi) is 4.78. The maximum Gasteiger partial charge on any atom is 0.235 e. The third kappa shape index (κ3) is 3.58. The van der Waals surface area contributed by atoms with E-state index in [1.165, 1.54) is 16.2 Å². The number of hydrogen-bond donors (Lipinski definition) is 3. The Bertz CT molecular complexity index is 716. The first kappa shape index (κ1) is 16.6. The molecule has 4 atom stereocenters. The van der Waals surface area contributed by atoms with Crippen LogP contribution in [0.5, 0.6) is 0 Å². The zero-order chi connectivity index (χ0) is 17.2. The highest BCUT2D eigenvalue weighted by Gasteiger charge is 2.46. The molecule has 3 aliphatic heterocycles. The molecule has 1 amide bonds. The smallest absolute Gasteiger partial charge is 0.235 e. The van der Waals surface area contributed by atoms with Gasteiger partial charge in [0.1, 0.15) is 18.3 Å². The van der Waals surface area contributed by atoms with E-state index in [-0.39, 0.29) is 11.8 Å². The molecule has 8 nitrogen and oxygen atoms in total. The molecule has 0 radical (unpaired) electrons. The van der Waals surface area contributed by atoms with Crippen LogP contribution in [0.1, 0.15) is 18.5 Å². The van der Waals surface area contributed by atoms with Gasteiger partial charge < -0.3 is 15.5 Å². The highest BCUT2D eigenvalue weighted by Crippen LogP contribution is 2.28. The van der Waals surface area contributed by atoms with Crippen molar-refractivity contribution >= 4 is 22.4 Å². The molecule has 3 saturated heterocycles. The number of fused-ring (bicyclic) bond motifs is 3. The Morgan fingerprint density at radius 2 is 2.48 bits per heavy atom. The first-order chi connectivity index (χ1) is 12.2. The molecule has 0 aromatic carbocycles. The molecule has 2 aromatic heterocycles. The van der Waals surface area contributed by atoms with Gasteiger partial charge in [-0.2, -0.15) is 0 Å². The van der Waals surface area contributed by atoms with Crippen LogP contribution in [-0.4, -0.2) is 52.1 Å². The van der Waals surface area contributed by atoms with Gasteiger partial charge in [0.05, 0.1) is 38.8 Å². The first-order valence-corrected chi connectivity index (χ1v) is 9.82. The summed E-state index contributed by atoms with van der Waals surface area (Å²) >= 11 is 1.47. The van der Waals surface area contributed by atoms with Crippen LogP contribution in [0.3, 0.4) is 0 Å². The monoisotopic (exact) mass is 363 g/mol. The Labute approximate surface area is 150 Å². The van der Waals surface area contributed by atoms with Crippen molar-refractivity contribution < 1.29 is 15.0 Å². The highest BCUT2D eigenvalue weighted by molar-refractivity contribution is 7.13. The zero-order valence-corrected chi connectivity index (χ0v) is 15.2. The number of nitrogens with one attached hydrogen (secondary N) is 2. The van der Waals surface area contributed by atoms with Crippen molar-refractivity contribution in [3.8, 4) is 0 Å². The second-order valence-electron chi connectivity index (χ2n) is 7.07. The topological polar surface area (TPSA) is 93.8 Å². The van der Waals surface area contributed by atoms with Crippen molar-refractivity contribution in [3.63, 3.8) is 0 Å². The molecule has 4 N–H and O–H groups in total. The molecule has 134 valence electrons. The lowest BCUT2D eigenvalue weighted by molar-refractivity contribution is -0.945. The van der Waals surface area contributed by atoms with E-state index in [1.807, 2.05) is 17.1 Å². The van der Waals surface area contributed by atoms with Crippen molar-refractivity contribution in [2.75, 3.05) is 25.5 Å². The minimum Gasteiger partial charge on any atom is -0.344 e. The number of nitrogens with two attached hydrogens (primary N) is 1. The molecule has 0 saturated carbocycles. The molecule has 3 aliphatic rings. The van der Waals surface area contributed by atoms with Crippen LogP contribution < -0.4 is 15.5 Å². The van der Waals surface area contributed by atoms with Crippen LogP contribution in [0, 0.1) is 11.8 Å². The third-order valence-electron chi connectivity index (χ3n) is 5.46. The Morgan fingerprint density at radius 3 is 3.20 bits per heavy atom. The number of carbonyl (C=O) groups is 1. The van der Waals surface area contributed by atoms with Gasteiger partial charge in [-0.15, -0.1) is 16.4 Å². The van der Waals surface area contributed by atoms with Crippen molar-refractivity contribution in [2.45, 2.75) is 32.0 Å². The largest absolute Gasteiger partial charge is 0.344 e. The SMILES string of the molecule is C[NH2+]Cc1cn(C[C@H]2C[C@H]3CC[NH+]2C[C@@H]3C(=O)Nc2nccs2)nn1. The molecule has 5 heterocycles. The third-order valence-corrected chi connectivity index (χ3v) is 6.15. The molecule has 9 heteroatoms. The predicted octanol–water partition coefficient (Wildman–Crippen LogP) is -1.64. The van der Waals surface area contributed by atoms with Gasteiger partial charge in [0.15, 0.2) is 5.13 Å². The Balaban J connectivity index is 1.37. The van der Waals surface area contributed by atoms with Crippen molar-refractivity contribution in [2.24, 2.45) is 11.8 Å². The van der Waals surface area contributed by atoms with Crippen LogP contribution in [-0.2, 0) is 17.9 Å². The summed E-state index contributed by atoms with van der Waals surface area (Å²) in [7, 11) is 2.03. The fourth-order valence-corrected chi connectivity index (χ4v) is 4.79. The van der Waals surface area contributed by atoms with Crippen LogP contribution in [0.15, 0.2) is 17.8 Å². The summed E-state index contributed by atoms with van der Waals surface area (Å²) in [5.41, 5.74) is 1.02. The lowest BCUT2D eigenvalue weighted by Crippen LogP contribution is -3.20. The fraction of sp³-hybridized carbons (Fsp3) is 0.625. The maximum absolute atomic E-state index is 12.6. The van der Waals surface area contributed by atoms with E-state index in [4.69, 9.17) is 0 Å². The predicted molar refractivity (Wildman–Crippen MR) is 93.0 cm³/mol. The molecule has 0 spiro atoms. The lowest BCUT2D eigenvalue weighted by Gasteiger charge is -2.46. The summed E-state index contributed by atoms with van der Waals surface area (Å²) in [6.07, 6.45) is 5.99. The summed E-state index contributed by atoms with van der Waals surface area (Å²) in [6.45, 7) is 3.82. The van der Waals surface area contributed by atoms with Crippen LogP contribution in [0.25, 0.3) is 0 Å². The van der Waals surface area contributed by atoms with Crippen molar-refractivity contribution in [1.82, 2.24) is 20.0 Å². The van der Waals surface area contributed by atoms with Crippen molar-refractivity contribution in [1.29, 1.82) is 0 Å². The van der Waals surface area contributed by atoms with E-state index in [2.05, 4.69) is 32.1 Å². The van der Waals surface area contributed by atoms with E-state index in [0.29, 0.717) is 17.1 Å². The highest BCUT2D eigenvalue weighted by atomic mass is 32.1. The molecule has 5 rings (SSSR count). The number of amides is 1. The van der Waals surface area contributed by atoms with E-state index in [0.717, 1.165) is 44.7 Å². The number of aromatic nitrogens is 4. The van der Waals surface area contributed by atoms with Crippen LogP contribution in [0.2, 0.25) is 0 Å². The first-order valence-electron chi connectivity index (χ1n) is 8.94. The minimum atomic E-state index is 0.102. The average Bonchev–Trinajstić information content (AvgIpc) is 3.28. The van der Waals surface area contributed by atoms with Gasteiger partial charge in [-0.05, 0) is 5.92 Å². The second kappa shape index (κ2) is 7.19. The average molecular weight is 363 g/mol. The van der Waals surface area contributed by atoms with Gasteiger partial charge >= 0.3 is 0 Å². The lowest BCUT2D eigenvalue weighted by atomic mass is 9.75. The van der Waals surface area contributed by atoms with Crippen molar-refractivity contribution in [3.05, 3.63) is 23.5 Å². The summed E-state index contributed by atoms with van der Waals surface area (Å²) in [6, 6.07) is 0.530. The number of quaternary nitrogens is 2. The number of rotatable bonds is 6. The van der Waals surface area contributed by atoms with Crippen LogP contribution >= 0.6 is 11.3 Å².